The van der Waals surface area contributed by atoms with E-state index in [1.807, 2.05) is 30.1 Å². The number of halogens is 1. The second kappa shape index (κ2) is 8.75. The quantitative estimate of drug-likeness (QED) is 0.773. The first-order valence-corrected chi connectivity index (χ1v) is 10.9. The molecule has 2 aromatic rings. The van der Waals surface area contributed by atoms with Crippen LogP contribution in [0.5, 0.6) is 0 Å². The zero-order chi connectivity index (χ0) is 20.1. The van der Waals surface area contributed by atoms with E-state index >= 15 is 0 Å². The van der Waals surface area contributed by atoms with Gasteiger partial charge in [-0.15, -0.1) is 4.40 Å². The molecule has 28 heavy (non-hydrogen) atoms. The van der Waals surface area contributed by atoms with Crippen LogP contribution in [0, 0.1) is 0 Å². The van der Waals surface area contributed by atoms with Gasteiger partial charge >= 0.3 is 0 Å². The molecule has 3 rings (SSSR count). The second-order valence-corrected chi connectivity index (χ2v) is 8.68. The van der Waals surface area contributed by atoms with Crippen molar-refractivity contribution in [2.24, 2.45) is 4.40 Å². The summed E-state index contributed by atoms with van der Waals surface area (Å²) in [5.41, 5.74) is 1.45. The average Bonchev–Trinajstić information content (AvgIpc) is 3.05. The zero-order valence-electron chi connectivity index (χ0n) is 15.6. The molecule has 1 heterocycles. The molecule has 1 amide bonds. The molecule has 1 saturated heterocycles. The number of hydrogen-bond acceptors (Lipinski definition) is 3. The SMILES string of the molecule is CN1CCCC1=NS(=O)(=O)c1ccc(NC(=O)CCc2ccccc2Cl)cc1. The minimum atomic E-state index is -3.75. The number of hydrogen-bond donors (Lipinski definition) is 1. The normalized spacial score (nSPS) is 15.8. The molecule has 0 bridgehead atoms. The van der Waals surface area contributed by atoms with Gasteiger partial charge in [0.05, 0.1) is 4.90 Å². The summed E-state index contributed by atoms with van der Waals surface area (Å²) in [7, 11) is -1.92. The van der Waals surface area contributed by atoms with E-state index in [1.54, 1.807) is 18.2 Å². The van der Waals surface area contributed by atoms with Crippen molar-refractivity contribution < 1.29 is 13.2 Å². The molecule has 8 heteroatoms. The van der Waals surface area contributed by atoms with Crippen LogP contribution < -0.4 is 5.32 Å². The Balaban J connectivity index is 1.61. The first-order valence-electron chi connectivity index (χ1n) is 9.03. The molecule has 0 unspecified atom stereocenters. The van der Waals surface area contributed by atoms with Gasteiger partial charge < -0.3 is 10.2 Å². The molecule has 0 radical (unpaired) electrons. The summed E-state index contributed by atoms with van der Waals surface area (Å²) in [6.07, 6.45) is 2.38. The highest BCUT2D eigenvalue weighted by Gasteiger charge is 2.20. The van der Waals surface area contributed by atoms with Crippen molar-refractivity contribution in [3.8, 4) is 0 Å². The van der Waals surface area contributed by atoms with Crippen molar-refractivity contribution in [2.45, 2.75) is 30.6 Å². The van der Waals surface area contributed by atoms with Gasteiger partial charge in [0.15, 0.2) is 0 Å². The maximum atomic E-state index is 12.4. The third-order valence-electron chi connectivity index (χ3n) is 4.58. The van der Waals surface area contributed by atoms with Gasteiger partial charge in [0.25, 0.3) is 10.0 Å². The van der Waals surface area contributed by atoms with Crippen molar-refractivity contribution in [1.29, 1.82) is 0 Å². The molecule has 6 nitrogen and oxygen atoms in total. The zero-order valence-corrected chi connectivity index (χ0v) is 17.1. The van der Waals surface area contributed by atoms with E-state index in [4.69, 9.17) is 11.6 Å². The van der Waals surface area contributed by atoms with E-state index < -0.39 is 10.0 Å². The fourth-order valence-electron chi connectivity index (χ4n) is 2.98. The maximum absolute atomic E-state index is 12.4. The van der Waals surface area contributed by atoms with Crippen molar-refractivity contribution in [1.82, 2.24) is 4.90 Å². The van der Waals surface area contributed by atoms with Crippen LogP contribution >= 0.6 is 11.6 Å². The monoisotopic (exact) mass is 419 g/mol. The predicted octanol–water partition coefficient (Wildman–Crippen LogP) is 3.72. The van der Waals surface area contributed by atoms with Gasteiger partial charge in [-0.05, 0) is 48.7 Å². The molecule has 0 spiro atoms. The molecule has 0 aromatic heterocycles. The van der Waals surface area contributed by atoms with Gasteiger partial charge in [-0.1, -0.05) is 29.8 Å². The van der Waals surface area contributed by atoms with Gasteiger partial charge in [-0.25, -0.2) is 0 Å². The number of sulfonamides is 1. The number of likely N-dealkylation sites (tertiary alicyclic amines) is 1. The average molecular weight is 420 g/mol. The molecule has 2 aromatic carbocycles. The summed E-state index contributed by atoms with van der Waals surface area (Å²) in [6, 6.07) is 13.5. The largest absolute Gasteiger partial charge is 0.362 e. The number of carbonyl (C=O) groups is 1. The Labute approximate surface area is 170 Å². The maximum Gasteiger partial charge on any atom is 0.283 e. The van der Waals surface area contributed by atoms with E-state index in [0.29, 0.717) is 29.4 Å². The Bertz CT molecular complexity index is 988. The fourth-order valence-corrected chi connectivity index (χ4v) is 4.31. The Morgan fingerprint density at radius 1 is 1.18 bits per heavy atom. The molecule has 1 aliphatic rings. The highest BCUT2D eigenvalue weighted by Crippen LogP contribution is 2.20. The van der Waals surface area contributed by atoms with Crippen LogP contribution in [0.1, 0.15) is 24.8 Å². The molecule has 0 aliphatic carbocycles. The first kappa shape index (κ1) is 20.4. The standard InChI is InChI=1S/C20H22ClN3O3S/c1-24-14-4-7-19(24)23-28(26,27)17-11-9-16(10-12-17)22-20(25)13-8-15-5-2-3-6-18(15)21/h2-3,5-6,9-12H,4,7-8,13-14H2,1H3,(H,22,25). The van der Waals surface area contributed by atoms with Crippen LogP contribution in [-0.4, -0.2) is 38.7 Å². The van der Waals surface area contributed by atoms with Gasteiger partial charge in [0.2, 0.25) is 5.91 Å². The van der Waals surface area contributed by atoms with Crippen molar-refractivity contribution in [3.05, 3.63) is 59.1 Å². The van der Waals surface area contributed by atoms with Gasteiger partial charge in [0, 0.05) is 37.1 Å². The summed E-state index contributed by atoms with van der Waals surface area (Å²) < 4.78 is 28.8. The molecular weight excluding hydrogens is 398 g/mol. The number of anilines is 1. The van der Waals surface area contributed by atoms with Crippen LogP contribution in [-0.2, 0) is 21.2 Å². The highest BCUT2D eigenvalue weighted by atomic mass is 35.5. The number of amidine groups is 1. The van der Waals surface area contributed by atoms with E-state index in [-0.39, 0.29) is 17.2 Å². The lowest BCUT2D eigenvalue weighted by atomic mass is 10.1. The van der Waals surface area contributed by atoms with Gasteiger partial charge in [-0.2, -0.15) is 8.42 Å². The van der Waals surface area contributed by atoms with Crippen LogP contribution in [0.4, 0.5) is 5.69 Å². The van der Waals surface area contributed by atoms with E-state index in [2.05, 4.69) is 9.71 Å². The third-order valence-corrected chi connectivity index (χ3v) is 6.26. The third kappa shape index (κ3) is 5.11. The Morgan fingerprint density at radius 3 is 2.54 bits per heavy atom. The summed E-state index contributed by atoms with van der Waals surface area (Å²) in [5, 5.41) is 3.41. The van der Waals surface area contributed by atoms with Crippen molar-refractivity contribution >= 4 is 39.1 Å². The number of aryl methyl sites for hydroxylation is 1. The lowest BCUT2D eigenvalue weighted by molar-refractivity contribution is -0.116. The van der Waals surface area contributed by atoms with Gasteiger partial charge in [0.1, 0.15) is 5.84 Å². The number of carbonyl (C=O) groups excluding carboxylic acids is 1. The van der Waals surface area contributed by atoms with Gasteiger partial charge in [-0.3, -0.25) is 4.79 Å². The Kier molecular flexibility index (Phi) is 6.36. The molecule has 1 aliphatic heterocycles. The minimum Gasteiger partial charge on any atom is -0.362 e. The number of rotatable bonds is 6. The minimum absolute atomic E-state index is 0.106. The number of nitrogens with one attached hydrogen (secondary N) is 1. The Morgan fingerprint density at radius 2 is 1.89 bits per heavy atom. The van der Waals surface area contributed by atoms with E-state index in [0.717, 1.165) is 18.5 Å². The Hall–Kier alpha value is -2.38. The summed E-state index contributed by atoms with van der Waals surface area (Å²) in [6.45, 7) is 0.813. The lowest BCUT2D eigenvalue weighted by Gasteiger charge is -2.11. The van der Waals surface area contributed by atoms with E-state index in [9.17, 15) is 13.2 Å². The van der Waals surface area contributed by atoms with Crippen LogP contribution in [0.15, 0.2) is 57.8 Å². The molecule has 0 saturated carbocycles. The first-order chi connectivity index (χ1) is 13.3. The second-order valence-electron chi connectivity index (χ2n) is 6.67. The molecular formula is C20H22ClN3O3S. The van der Waals surface area contributed by atoms with Crippen molar-refractivity contribution in [2.75, 3.05) is 18.9 Å². The topological polar surface area (TPSA) is 78.8 Å². The summed E-state index contributed by atoms with van der Waals surface area (Å²) in [4.78, 5) is 14.1. The van der Waals surface area contributed by atoms with Crippen LogP contribution in [0.2, 0.25) is 5.02 Å². The number of amides is 1. The van der Waals surface area contributed by atoms with Crippen LogP contribution in [0.3, 0.4) is 0 Å². The molecule has 1 N–H and O–H groups in total. The lowest BCUT2D eigenvalue weighted by Crippen LogP contribution is -2.20. The highest BCUT2D eigenvalue weighted by molar-refractivity contribution is 7.90. The smallest absolute Gasteiger partial charge is 0.283 e. The fraction of sp³-hybridized carbons (Fsp3) is 0.300. The summed E-state index contributed by atoms with van der Waals surface area (Å²) in [5.74, 6) is 0.417. The van der Waals surface area contributed by atoms with Crippen LogP contribution in [0.25, 0.3) is 0 Å². The number of nitrogens with zero attached hydrogens (tertiary/aromatic N) is 2. The number of benzene rings is 2. The molecule has 0 atom stereocenters. The van der Waals surface area contributed by atoms with E-state index in [1.165, 1.54) is 12.1 Å². The van der Waals surface area contributed by atoms with Crippen molar-refractivity contribution in [3.63, 3.8) is 0 Å². The molecule has 1 fully saturated rings. The predicted molar refractivity (Wildman–Crippen MR) is 111 cm³/mol. The molecule has 148 valence electrons. The summed E-state index contributed by atoms with van der Waals surface area (Å²) >= 11 is 6.10.